The van der Waals surface area contributed by atoms with Gasteiger partial charge in [0.15, 0.2) is 11.5 Å². The highest BCUT2D eigenvalue weighted by atomic mass is 16.5. The van der Waals surface area contributed by atoms with Gasteiger partial charge in [-0.25, -0.2) is 0 Å². The van der Waals surface area contributed by atoms with Gasteiger partial charge in [-0.15, -0.1) is 0 Å². The third-order valence-corrected chi connectivity index (χ3v) is 2.05. The van der Waals surface area contributed by atoms with Crippen LogP contribution in [-0.2, 0) is 0 Å². The fourth-order valence-electron chi connectivity index (χ4n) is 1.40. The molecule has 1 N–H and O–H groups in total. The molecule has 1 aromatic carbocycles. The van der Waals surface area contributed by atoms with Crippen molar-refractivity contribution in [2.75, 3.05) is 7.11 Å². The Hall–Kier alpha value is -1.70. The maximum atomic E-state index is 9.81. The molecule has 0 aliphatic carbocycles. The number of allylic oxidation sites excluding steroid dienone is 2. The summed E-state index contributed by atoms with van der Waals surface area (Å²) in [5, 5.41) is 9.81. The quantitative estimate of drug-likeness (QED) is 0.816. The van der Waals surface area contributed by atoms with Crippen LogP contribution in [0.5, 0.6) is 11.5 Å². The lowest BCUT2D eigenvalue weighted by atomic mass is 10.1. The van der Waals surface area contributed by atoms with Crippen molar-refractivity contribution in [1.82, 2.24) is 0 Å². The van der Waals surface area contributed by atoms with Crippen LogP contribution in [0.15, 0.2) is 24.3 Å². The number of phenolic OH excluding ortho intramolecular Hbond substituents is 1. The Balaban J connectivity index is 3.31. The molecule has 2 heteroatoms. The van der Waals surface area contributed by atoms with Crippen LogP contribution >= 0.6 is 0 Å². The molecule has 0 atom stereocenters. The van der Waals surface area contributed by atoms with E-state index >= 15 is 0 Å². The van der Waals surface area contributed by atoms with Crippen molar-refractivity contribution in [2.24, 2.45) is 0 Å². The first-order valence-electron chi connectivity index (χ1n) is 4.89. The van der Waals surface area contributed by atoms with Gasteiger partial charge in [0.1, 0.15) is 0 Å². The largest absolute Gasteiger partial charge is 0.504 e. The lowest BCUT2D eigenvalue weighted by molar-refractivity contribution is 0.373. The lowest BCUT2D eigenvalue weighted by Crippen LogP contribution is -1.87. The predicted molar refractivity (Wildman–Crippen MR) is 64.1 cm³/mol. The summed E-state index contributed by atoms with van der Waals surface area (Å²) in [6.07, 6.45) is 7.65. The van der Waals surface area contributed by atoms with Gasteiger partial charge in [0.25, 0.3) is 0 Å². The van der Waals surface area contributed by atoms with Crippen molar-refractivity contribution in [3.8, 4) is 11.5 Å². The van der Waals surface area contributed by atoms with E-state index in [0.29, 0.717) is 5.75 Å². The number of methoxy groups -OCH3 is 1. The topological polar surface area (TPSA) is 29.5 Å². The van der Waals surface area contributed by atoms with Crippen molar-refractivity contribution in [3.05, 3.63) is 35.4 Å². The standard InChI is InChI=1S/C13H16O2/c1-4-6-10-8-11(7-5-2)13(14)12(9-10)15-3/h4-9,14H,1-3H3/b6-4+,7-5+. The molecule has 0 fully saturated rings. The second-order valence-corrected chi connectivity index (χ2v) is 3.16. The zero-order chi connectivity index (χ0) is 11.3. The van der Waals surface area contributed by atoms with E-state index in [1.807, 2.05) is 50.3 Å². The van der Waals surface area contributed by atoms with Crippen LogP contribution in [0.3, 0.4) is 0 Å². The van der Waals surface area contributed by atoms with Crippen LogP contribution in [0, 0.1) is 0 Å². The van der Waals surface area contributed by atoms with Gasteiger partial charge >= 0.3 is 0 Å². The van der Waals surface area contributed by atoms with Crippen LogP contribution in [0.2, 0.25) is 0 Å². The minimum atomic E-state index is 0.184. The maximum absolute atomic E-state index is 9.81. The summed E-state index contributed by atoms with van der Waals surface area (Å²) in [7, 11) is 1.55. The first-order valence-corrected chi connectivity index (χ1v) is 4.89. The summed E-state index contributed by atoms with van der Waals surface area (Å²) in [4.78, 5) is 0. The molecule has 0 saturated heterocycles. The molecule has 15 heavy (non-hydrogen) atoms. The van der Waals surface area contributed by atoms with Crippen LogP contribution in [0.1, 0.15) is 25.0 Å². The molecule has 80 valence electrons. The van der Waals surface area contributed by atoms with Gasteiger partial charge in [-0.05, 0) is 31.5 Å². The SMILES string of the molecule is C/C=C/c1cc(/C=C/C)c(O)c(OC)c1. The molecular formula is C13H16O2. The van der Waals surface area contributed by atoms with Crippen molar-refractivity contribution < 1.29 is 9.84 Å². The Kier molecular flexibility index (Phi) is 3.98. The summed E-state index contributed by atoms with van der Waals surface area (Å²) in [5.41, 5.74) is 1.78. The Labute approximate surface area is 90.5 Å². The van der Waals surface area contributed by atoms with E-state index in [-0.39, 0.29) is 5.75 Å². The van der Waals surface area contributed by atoms with Crippen LogP contribution in [0.25, 0.3) is 12.2 Å². The normalized spacial score (nSPS) is 11.4. The van der Waals surface area contributed by atoms with Crippen molar-refractivity contribution in [2.45, 2.75) is 13.8 Å². The van der Waals surface area contributed by atoms with Gasteiger partial charge in [0, 0.05) is 5.56 Å². The van der Waals surface area contributed by atoms with E-state index in [1.54, 1.807) is 7.11 Å². The minimum Gasteiger partial charge on any atom is -0.504 e. The van der Waals surface area contributed by atoms with Gasteiger partial charge in [-0.3, -0.25) is 0 Å². The predicted octanol–water partition coefficient (Wildman–Crippen LogP) is 3.47. The number of hydrogen-bond donors (Lipinski definition) is 1. The molecule has 0 saturated carbocycles. The molecule has 0 spiro atoms. The number of aromatic hydroxyl groups is 1. The molecule has 0 unspecified atom stereocenters. The van der Waals surface area contributed by atoms with Crippen molar-refractivity contribution in [1.29, 1.82) is 0 Å². The van der Waals surface area contributed by atoms with Crippen LogP contribution < -0.4 is 4.74 Å². The Morgan fingerprint density at radius 2 is 1.80 bits per heavy atom. The lowest BCUT2D eigenvalue weighted by Gasteiger charge is -2.07. The zero-order valence-corrected chi connectivity index (χ0v) is 9.32. The monoisotopic (exact) mass is 204 g/mol. The number of rotatable bonds is 3. The molecule has 0 radical (unpaired) electrons. The average Bonchev–Trinajstić information content (AvgIpc) is 2.23. The molecule has 0 aromatic heterocycles. The van der Waals surface area contributed by atoms with E-state index in [9.17, 15) is 5.11 Å². The first-order chi connectivity index (χ1) is 7.22. The van der Waals surface area contributed by atoms with E-state index in [2.05, 4.69) is 0 Å². The molecule has 0 aliphatic heterocycles. The molecule has 0 amide bonds. The van der Waals surface area contributed by atoms with Gasteiger partial charge < -0.3 is 9.84 Å². The minimum absolute atomic E-state index is 0.184. The van der Waals surface area contributed by atoms with E-state index in [0.717, 1.165) is 11.1 Å². The molecule has 1 rings (SSSR count). The van der Waals surface area contributed by atoms with Crippen molar-refractivity contribution >= 4 is 12.2 Å². The second-order valence-electron chi connectivity index (χ2n) is 3.16. The van der Waals surface area contributed by atoms with Gasteiger partial charge in [0.05, 0.1) is 7.11 Å². The molecule has 0 heterocycles. The molecule has 2 nitrogen and oxygen atoms in total. The molecular weight excluding hydrogens is 188 g/mol. The fraction of sp³-hybridized carbons (Fsp3) is 0.231. The highest BCUT2D eigenvalue weighted by Gasteiger charge is 2.06. The highest BCUT2D eigenvalue weighted by molar-refractivity contribution is 5.67. The molecule has 0 aliphatic rings. The van der Waals surface area contributed by atoms with Gasteiger partial charge in [0.2, 0.25) is 0 Å². The number of phenols is 1. The number of hydrogen-bond acceptors (Lipinski definition) is 2. The van der Waals surface area contributed by atoms with Crippen molar-refractivity contribution in [3.63, 3.8) is 0 Å². The summed E-state index contributed by atoms with van der Waals surface area (Å²) < 4.78 is 5.10. The first kappa shape index (κ1) is 11.4. The summed E-state index contributed by atoms with van der Waals surface area (Å²) in [5.74, 6) is 0.683. The molecule has 1 aromatic rings. The van der Waals surface area contributed by atoms with E-state index in [1.165, 1.54) is 0 Å². The van der Waals surface area contributed by atoms with Crippen LogP contribution in [0.4, 0.5) is 0 Å². The maximum Gasteiger partial charge on any atom is 0.165 e. The summed E-state index contributed by atoms with van der Waals surface area (Å²) in [6.45, 7) is 3.86. The smallest absolute Gasteiger partial charge is 0.165 e. The fourth-order valence-corrected chi connectivity index (χ4v) is 1.40. The second kappa shape index (κ2) is 5.25. The Morgan fingerprint density at radius 3 is 2.33 bits per heavy atom. The average molecular weight is 204 g/mol. The Bertz CT molecular complexity index is 390. The molecule has 0 bridgehead atoms. The zero-order valence-electron chi connectivity index (χ0n) is 9.32. The number of ether oxygens (including phenoxy) is 1. The van der Waals surface area contributed by atoms with Crippen LogP contribution in [-0.4, -0.2) is 12.2 Å². The third kappa shape index (κ3) is 2.62. The van der Waals surface area contributed by atoms with E-state index < -0.39 is 0 Å². The van der Waals surface area contributed by atoms with Gasteiger partial charge in [-0.2, -0.15) is 0 Å². The summed E-state index contributed by atoms with van der Waals surface area (Å²) in [6, 6.07) is 3.72. The van der Waals surface area contributed by atoms with E-state index in [4.69, 9.17) is 4.74 Å². The number of benzene rings is 1. The van der Waals surface area contributed by atoms with Gasteiger partial charge in [-0.1, -0.05) is 24.3 Å². The Morgan fingerprint density at radius 1 is 1.13 bits per heavy atom. The summed E-state index contributed by atoms with van der Waals surface area (Å²) >= 11 is 0. The third-order valence-electron chi connectivity index (χ3n) is 2.05. The highest BCUT2D eigenvalue weighted by Crippen LogP contribution is 2.32.